The minimum Gasteiger partial charge on any atom is -0.487 e. The van der Waals surface area contributed by atoms with Crippen molar-refractivity contribution in [2.75, 3.05) is 0 Å². The summed E-state index contributed by atoms with van der Waals surface area (Å²) in [6.07, 6.45) is 5.04. The van der Waals surface area contributed by atoms with Gasteiger partial charge in [-0.3, -0.25) is 0 Å². The second kappa shape index (κ2) is 3.73. The number of furan rings is 1. The third-order valence-electron chi connectivity index (χ3n) is 2.38. The van der Waals surface area contributed by atoms with E-state index in [1.165, 1.54) is 0 Å². The van der Waals surface area contributed by atoms with Crippen LogP contribution in [0.15, 0.2) is 47.5 Å². The SMILES string of the molecule is c1ncc(COc2ccc3ccoc3c2)[nH]1. The summed E-state index contributed by atoms with van der Waals surface area (Å²) in [6.45, 7) is 0.478. The summed E-state index contributed by atoms with van der Waals surface area (Å²) in [6, 6.07) is 7.70. The lowest BCUT2D eigenvalue weighted by molar-refractivity contribution is 0.302. The topological polar surface area (TPSA) is 51.1 Å². The Labute approximate surface area is 91.9 Å². The van der Waals surface area contributed by atoms with Gasteiger partial charge < -0.3 is 14.1 Å². The van der Waals surface area contributed by atoms with Gasteiger partial charge in [-0.05, 0) is 18.2 Å². The van der Waals surface area contributed by atoms with E-state index in [9.17, 15) is 0 Å². The van der Waals surface area contributed by atoms with Crippen molar-refractivity contribution in [2.24, 2.45) is 0 Å². The summed E-state index contributed by atoms with van der Waals surface area (Å²) in [5.74, 6) is 0.789. The molecule has 0 bridgehead atoms. The first-order valence-corrected chi connectivity index (χ1v) is 4.99. The normalized spacial score (nSPS) is 10.8. The van der Waals surface area contributed by atoms with Crippen molar-refractivity contribution in [3.63, 3.8) is 0 Å². The first-order valence-electron chi connectivity index (χ1n) is 4.99. The van der Waals surface area contributed by atoms with Gasteiger partial charge in [0, 0.05) is 11.5 Å². The highest BCUT2D eigenvalue weighted by Gasteiger charge is 2.00. The third kappa shape index (κ3) is 1.65. The lowest BCUT2D eigenvalue weighted by atomic mass is 10.2. The number of fused-ring (bicyclic) bond motifs is 1. The smallest absolute Gasteiger partial charge is 0.137 e. The quantitative estimate of drug-likeness (QED) is 0.729. The number of hydrogen-bond donors (Lipinski definition) is 1. The van der Waals surface area contributed by atoms with Gasteiger partial charge in [0.05, 0.1) is 24.5 Å². The van der Waals surface area contributed by atoms with E-state index in [1.807, 2.05) is 24.3 Å². The summed E-state index contributed by atoms with van der Waals surface area (Å²) in [4.78, 5) is 6.90. The van der Waals surface area contributed by atoms with Crippen LogP contribution in [0, 0.1) is 0 Å². The van der Waals surface area contributed by atoms with Crippen molar-refractivity contribution in [2.45, 2.75) is 6.61 Å². The number of H-pyrrole nitrogens is 1. The molecule has 4 nitrogen and oxygen atoms in total. The zero-order chi connectivity index (χ0) is 10.8. The van der Waals surface area contributed by atoms with Crippen LogP contribution in [0.1, 0.15) is 5.69 Å². The molecule has 80 valence electrons. The Morgan fingerprint density at radius 3 is 3.19 bits per heavy atom. The molecular weight excluding hydrogens is 204 g/mol. The van der Waals surface area contributed by atoms with E-state index in [2.05, 4.69) is 9.97 Å². The van der Waals surface area contributed by atoms with Gasteiger partial charge in [-0.2, -0.15) is 0 Å². The van der Waals surface area contributed by atoms with Gasteiger partial charge >= 0.3 is 0 Å². The summed E-state index contributed by atoms with van der Waals surface area (Å²) in [5, 5.41) is 1.08. The molecule has 0 aliphatic carbocycles. The van der Waals surface area contributed by atoms with Gasteiger partial charge in [-0.15, -0.1) is 0 Å². The molecule has 4 heteroatoms. The second-order valence-electron chi connectivity index (χ2n) is 3.49. The van der Waals surface area contributed by atoms with Crippen LogP contribution in [0.4, 0.5) is 0 Å². The summed E-state index contributed by atoms with van der Waals surface area (Å²) < 4.78 is 10.9. The molecule has 0 aliphatic heterocycles. The highest BCUT2D eigenvalue weighted by atomic mass is 16.5. The maximum atomic E-state index is 5.60. The van der Waals surface area contributed by atoms with Gasteiger partial charge in [0.2, 0.25) is 0 Å². The predicted octanol–water partition coefficient (Wildman–Crippen LogP) is 2.73. The number of imidazole rings is 1. The maximum absolute atomic E-state index is 5.60. The van der Waals surface area contributed by atoms with Crippen molar-refractivity contribution in [3.8, 4) is 5.75 Å². The number of aromatic amines is 1. The molecule has 0 atom stereocenters. The molecule has 0 spiro atoms. The molecule has 0 radical (unpaired) electrons. The fourth-order valence-electron chi connectivity index (χ4n) is 1.55. The van der Waals surface area contributed by atoms with Gasteiger partial charge in [-0.1, -0.05) is 0 Å². The van der Waals surface area contributed by atoms with Crippen LogP contribution in [0.5, 0.6) is 5.75 Å². The van der Waals surface area contributed by atoms with Crippen molar-refractivity contribution >= 4 is 11.0 Å². The number of hydrogen-bond acceptors (Lipinski definition) is 3. The van der Waals surface area contributed by atoms with Gasteiger partial charge in [0.1, 0.15) is 17.9 Å². The molecule has 0 saturated heterocycles. The first kappa shape index (κ1) is 9.03. The number of ether oxygens (including phenoxy) is 1. The molecule has 1 N–H and O–H groups in total. The number of aromatic nitrogens is 2. The Morgan fingerprint density at radius 1 is 1.31 bits per heavy atom. The van der Waals surface area contributed by atoms with Crippen LogP contribution < -0.4 is 4.74 Å². The van der Waals surface area contributed by atoms with Crippen molar-refractivity contribution < 1.29 is 9.15 Å². The van der Waals surface area contributed by atoms with E-state index in [0.717, 1.165) is 22.4 Å². The summed E-state index contributed by atoms with van der Waals surface area (Å²) >= 11 is 0. The van der Waals surface area contributed by atoms with Gasteiger partial charge in [0.25, 0.3) is 0 Å². The fraction of sp³-hybridized carbons (Fsp3) is 0.0833. The van der Waals surface area contributed by atoms with E-state index in [-0.39, 0.29) is 0 Å². The van der Waals surface area contributed by atoms with Crippen molar-refractivity contribution in [1.82, 2.24) is 9.97 Å². The Balaban J connectivity index is 1.78. The molecule has 0 amide bonds. The van der Waals surface area contributed by atoms with E-state index < -0.39 is 0 Å². The number of nitrogens with one attached hydrogen (secondary N) is 1. The minimum absolute atomic E-state index is 0.478. The average Bonchev–Trinajstić information content (AvgIpc) is 2.97. The zero-order valence-corrected chi connectivity index (χ0v) is 8.51. The third-order valence-corrected chi connectivity index (χ3v) is 2.38. The fourth-order valence-corrected chi connectivity index (χ4v) is 1.55. The number of rotatable bonds is 3. The second-order valence-corrected chi connectivity index (χ2v) is 3.49. The van der Waals surface area contributed by atoms with Gasteiger partial charge in [0.15, 0.2) is 0 Å². The number of benzene rings is 1. The molecule has 3 rings (SSSR count). The Hall–Kier alpha value is -2.23. The molecule has 0 aliphatic rings. The Kier molecular flexibility index (Phi) is 2.11. The lowest BCUT2D eigenvalue weighted by Gasteiger charge is -2.03. The summed E-state index contributed by atoms with van der Waals surface area (Å²) in [7, 11) is 0. The van der Waals surface area contributed by atoms with Crippen LogP contribution in [0.2, 0.25) is 0 Å². The van der Waals surface area contributed by atoms with Gasteiger partial charge in [-0.25, -0.2) is 4.98 Å². The van der Waals surface area contributed by atoms with Crippen molar-refractivity contribution in [3.05, 3.63) is 48.7 Å². The molecule has 2 heterocycles. The minimum atomic E-state index is 0.478. The standard InChI is InChI=1S/C12H10N2O2/c1-2-11(5-12-9(1)3-4-15-12)16-7-10-6-13-8-14-10/h1-6,8H,7H2,(H,13,14). The molecule has 16 heavy (non-hydrogen) atoms. The Bertz CT molecular complexity index is 584. The molecule has 1 aromatic carbocycles. The van der Waals surface area contributed by atoms with E-state index >= 15 is 0 Å². The van der Waals surface area contributed by atoms with Crippen LogP contribution in [0.25, 0.3) is 11.0 Å². The number of nitrogens with zero attached hydrogens (tertiary/aromatic N) is 1. The van der Waals surface area contributed by atoms with Crippen LogP contribution in [0.3, 0.4) is 0 Å². The highest BCUT2D eigenvalue weighted by molar-refractivity contribution is 5.78. The molecule has 0 fully saturated rings. The summed E-state index contributed by atoms with van der Waals surface area (Å²) in [5.41, 5.74) is 1.78. The molecule has 3 aromatic rings. The van der Waals surface area contributed by atoms with Crippen LogP contribution in [-0.4, -0.2) is 9.97 Å². The van der Waals surface area contributed by atoms with Crippen molar-refractivity contribution in [1.29, 1.82) is 0 Å². The Morgan fingerprint density at radius 2 is 2.31 bits per heavy atom. The molecular formula is C12H10N2O2. The predicted molar refractivity (Wildman–Crippen MR) is 59.1 cm³/mol. The van der Waals surface area contributed by atoms with E-state index in [4.69, 9.17) is 9.15 Å². The van der Waals surface area contributed by atoms with E-state index in [0.29, 0.717) is 6.61 Å². The maximum Gasteiger partial charge on any atom is 0.137 e. The monoisotopic (exact) mass is 214 g/mol. The molecule has 0 unspecified atom stereocenters. The lowest BCUT2D eigenvalue weighted by Crippen LogP contribution is -1.94. The zero-order valence-electron chi connectivity index (χ0n) is 8.51. The molecule has 2 aromatic heterocycles. The van der Waals surface area contributed by atoms with Crippen LogP contribution >= 0.6 is 0 Å². The largest absolute Gasteiger partial charge is 0.487 e. The molecule has 0 saturated carbocycles. The highest BCUT2D eigenvalue weighted by Crippen LogP contribution is 2.22. The van der Waals surface area contributed by atoms with Crippen LogP contribution in [-0.2, 0) is 6.61 Å². The van der Waals surface area contributed by atoms with E-state index in [1.54, 1.807) is 18.8 Å². The average molecular weight is 214 g/mol. The first-order chi connectivity index (χ1) is 7.92.